The second-order valence-corrected chi connectivity index (χ2v) is 16.3. The first kappa shape index (κ1) is 32.9. The smallest absolute Gasteiger partial charge is 0.0715 e. The fourth-order valence-corrected chi connectivity index (χ4v) is 9.90. The van der Waals surface area contributed by atoms with Gasteiger partial charge in [-0.2, -0.15) is 0 Å². The number of fused-ring (bicyclic) bond motifs is 12. The Hall–Kier alpha value is -7.29. The van der Waals surface area contributed by atoms with E-state index >= 15 is 0 Å². The molecule has 0 atom stereocenters. The van der Waals surface area contributed by atoms with Gasteiger partial charge in [-0.05, 0) is 114 Å². The predicted octanol–water partition coefficient (Wildman–Crippen LogP) is 14.9. The second kappa shape index (κ2) is 12.4. The lowest BCUT2D eigenvalue weighted by molar-refractivity contribution is 0.661. The van der Waals surface area contributed by atoms with E-state index in [1.54, 1.807) is 0 Å². The molecule has 2 heteroatoms. The Kier molecular flexibility index (Phi) is 7.01. The molecule has 12 rings (SSSR count). The van der Waals surface area contributed by atoms with Gasteiger partial charge in [0.25, 0.3) is 0 Å². The molecule has 0 fully saturated rings. The van der Waals surface area contributed by atoms with E-state index in [1.165, 1.54) is 81.9 Å². The van der Waals surface area contributed by atoms with Crippen LogP contribution < -0.4 is 0 Å². The van der Waals surface area contributed by atoms with Crippen LogP contribution in [0.5, 0.6) is 0 Å². The lowest BCUT2D eigenvalue weighted by Gasteiger charge is -2.21. The topological polar surface area (TPSA) is 17.8 Å². The van der Waals surface area contributed by atoms with Gasteiger partial charge >= 0.3 is 0 Å². The molecule has 0 aliphatic heterocycles. The van der Waals surface area contributed by atoms with Gasteiger partial charge in [-0.25, -0.2) is 4.98 Å². The highest BCUT2D eigenvalue weighted by atomic mass is 15.0. The zero-order valence-corrected chi connectivity index (χ0v) is 32.4. The summed E-state index contributed by atoms with van der Waals surface area (Å²) >= 11 is 0. The van der Waals surface area contributed by atoms with Gasteiger partial charge < -0.3 is 4.57 Å². The SMILES string of the molecule is CC1(C)c2ccccc2-c2cc3c4cc5c6ccccc6c6ccccc6c5cc4n(-c4ccc(-c5cc(-c6ccccc6)cc(-c6ccccc6)n5)cc4)c3cc21. The number of hydrogen-bond acceptors (Lipinski definition) is 1. The Balaban J connectivity index is 1.12. The average Bonchev–Trinajstić information content (AvgIpc) is 3.72. The minimum Gasteiger partial charge on any atom is -0.309 e. The van der Waals surface area contributed by atoms with Crippen LogP contribution >= 0.6 is 0 Å². The molecule has 2 aromatic heterocycles. The monoisotopic (exact) mass is 738 g/mol. The van der Waals surface area contributed by atoms with E-state index in [-0.39, 0.29) is 5.41 Å². The van der Waals surface area contributed by atoms with Crippen LogP contribution in [-0.4, -0.2) is 9.55 Å². The normalized spacial score (nSPS) is 13.1. The summed E-state index contributed by atoms with van der Waals surface area (Å²) in [5.74, 6) is 0. The number of hydrogen-bond donors (Lipinski definition) is 0. The molecule has 2 heterocycles. The van der Waals surface area contributed by atoms with Crippen molar-refractivity contribution in [1.82, 2.24) is 9.55 Å². The van der Waals surface area contributed by atoms with Crippen LogP contribution in [-0.2, 0) is 5.41 Å². The number of aromatic nitrogens is 2. The summed E-state index contributed by atoms with van der Waals surface area (Å²) in [5.41, 5.74) is 15.3. The third-order valence-electron chi connectivity index (χ3n) is 12.8. The van der Waals surface area contributed by atoms with Gasteiger partial charge in [-0.3, -0.25) is 0 Å². The Morgan fingerprint density at radius 3 is 1.50 bits per heavy atom. The van der Waals surface area contributed by atoms with E-state index < -0.39 is 0 Å². The van der Waals surface area contributed by atoms with Crippen molar-refractivity contribution in [3.05, 3.63) is 205 Å². The van der Waals surface area contributed by atoms with E-state index in [0.29, 0.717) is 0 Å². The summed E-state index contributed by atoms with van der Waals surface area (Å²) in [6, 6.07) is 71.2. The molecular weight excluding hydrogens is 701 g/mol. The highest BCUT2D eigenvalue weighted by Gasteiger charge is 2.36. The number of nitrogens with zero attached hydrogens (tertiary/aromatic N) is 2. The molecule has 0 unspecified atom stereocenters. The average molecular weight is 739 g/mol. The molecule has 2 nitrogen and oxygen atoms in total. The van der Waals surface area contributed by atoms with Gasteiger partial charge in [0.1, 0.15) is 0 Å². The van der Waals surface area contributed by atoms with Crippen LogP contribution in [0.1, 0.15) is 25.0 Å². The molecule has 9 aromatic carbocycles. The molecule has 0 radical (unpaired) electrons. The van der Waals surface area contributed by atoms with E-state index in [4.69, 9.17) is 4.98 Å². The first-order chi connectivity index (χ1) is 28.5. The quantitative estimate of drug-likeness (QED) is 0.164. The highest BCUT2D eigenvalue weighted by Crippen LogP contribution is 2.51. The minimum absolute atomic E-state index is 0.117. The Bertz CT molecular complexity index is 3390. The summed E-state index contributed by atoms with van der Waals surface area (Å²) in [6.07, 6.45) is 0. The second-order valence-electron chi connectivity index (χ2n) is 16.3. The van der Waals surface area contributed by atoms with Crippen LogP contribution in [0.3, 0.4) is 0 Å². The van der Waals surface area contributed by atoms with Crippen molar-refractivity contribution in [2.24, 2.45) is 0 Å². The molecule has 272 valence electrons. The van der Waals surface area contributed by atoms with Crippen molar-refractivity contribution in [2.45, 2.75) is 19.3 Å². The van der Waals surface area contributed by atoms with Gasteiger partial charge in [-0.1, -0.05) is 159 Å². The Labute approximate surface area is 337 Å². The molecule has 0 saturated carbocycles. The molecule has 0 N–H and O–H groups in total. The van der Waals surface area contributed by atoms with Crippen molar-refractivity contribution in [1.29, 1.82) is 0 Å². The van der Waals surface area contributed by atoms with Gasteiger partial charge in [0.05, 0.1) is 22.4 Å². The largest absolute Gasteiger partial charge is 0.309 e. The lowest BCUT2D eigenvalue weighted by atomic mass is 9.82. The zero-order chi connectivity index (χ0) is 38.5. The van der Waals surface area contributed by atoms with Crippen LogP contribution in [0.4, 0.5) is 0 Å². The molecule has 1 aliphatic rings. The highest BCUT2D eigenvalue weighted by molar-refractivity contribution is 6.29. The lowest BCUT2D eigenvalue weighted by Crippen LogP contribution is -2.14. The zero-order valence-electron chi connectivity index (χ0n) is 32.4. The van der Waals surface area contributed by atoms with Crippen LogP contribution in [0, 0.1) is 0 Å². The summed E-state index contributed by atoms with van der Waals surface area (Å²) in [4.78, 5) is 5.25. The van der Waals surface area contributed by atoms with E-state index in [9.17, 15) is 0 Å². The van der Waals surface area contributed by atoms with Gasteiger partial charge in [0.2, 0.25) is 0 Å². The third-order valence-corrected chi connectivity index (χ3v) is 12.8. The van der Waals surface area contributed by atoms with Gasteiger partial charge in [0.15, 0.2) is 0 Å². The summed E-state index contributed by atoms with van der Waals surface area (Å²) in [5, 5.41) is 10.2. The number of pyridine rings is 1. The third kappa shape index (κ3) is 4.82. The van der Waals surface area contributed by atoms with Crippen LogP contribution in [0.25, 0.3) is 105 Å². The number of benzene rings is 9. The molecule has 0 bridgehead atoms. The van der Waals surface area contributed by atoms with Gasteiger partial charge in [0, 0.05) is 33.0 Å². The Morgan fingerprint density at radius 2 is 0.845 bits per heavy atom. The maximum atomic E-state index is 5.25. The van der Waals surface area contributed by atoms with Crippen molar-refractivity contribution in [3.8, 4) is 50.5 Å². The van der Waals surface area contributed by atoms with Crippen molar-refractivity contribution >= 4 is 54.1 Å². The van der Waals surface area contributed by atoms with Crippen LogP contribution in [0.15, 0.2) is 194 Å². The van der Waals surface area contributed by atoms with E-state index in [0.717, 1.165) is 33.8 Å². The summed E-state index contributed by atoms with van der Waals surface area (Å²) in [7, 11) is 0. The molecule has 0 amide bonds. The van der Waals surface area contributed by atoms with E-state index in [1.807, 2.05) is 0 Å². The number of rotatable bonds is 4. The predicted molar refractivity (Wildman–Crippen MR) is 245 cm³/mol. The maximum absolute atomic E-state index is 5.25. The molecular formula is C56H38N2. The molecule has 11 aromatic rings. The van der Waals surface area contributed by atoms with Crippen molar-refractivity contribution in [3.63, 3.8) is 0 Å². The van der Waals surface area contributed by atoms with Gasteiger partial charge in [-0.15, -0.1) is 0 Å². The standard InChI is InChI=1S/C56H38N2/c1-56(2)50-24-14-13-23-44(50)47-32-49-48-31-45-42-21-11-9-19-40(42)41-20-10-12-22-43(41)46(45)33-54(48)58(55(49)34-51(47)56)39-27-25-37(26-28-39)53-30-38(35-15-5-3-6-16-35)29-52(57-53)36-17-7-4-8-18-36/h3-34H,1-2H3. The fraction of sp³-hybridized carbons (Fsp3) is 0.0536. The first-order valence-electron chi connectivity index (χ1n) is 20.2. The maximum Gasteiger partial charge on any atom is 0.0715 e. The first-order valence-corrected chi connectivity index (χ1v) is 20.2. The summed E-state index contributed by atoms with van der Waals surface area (Å²) < 4.78 is 2.50. The van der Waals surface area contributed by atoms with Crippen LogP contribution in [0.2, 0.25) is 0 Å². The molecule has 58 heavy (non-hydrogen) atoms. The fourth-order valence-electron chi connectivity index (χ4n) is 9.90. The van der Waals surface area contributed by atoms with Crippen molar-refractivity contribution < 1.29 is 0 Å². The molecule has 0 spiro atoms. The molecule has 1 aliphatic carbocycles. The minimum atomic E-state index is -0.117. The Morgan fingerprint density at radius 1 is 0.345 bits per heavy atom. The summed E-state index contributed by atoms with van der Waals surface area (Å²) in [6.45, 7) is 4.75. The molecule has 0 saturated heterocycles. The van der Waals surface area contributed by atoms with E-state index in [2.05, 4.69) is 213 Å². The van der Waals surface area contributed by atoms with Crippen molar-refractivity contribution in [2.75, 3.05) is 0 Å².